The standard InChI is InChI=1S/C17H16BrClN2O2S/c18-12-3-7-14(8-4-12)20-17(24)21-16(22)2-1-11-23-15-9-5-13(19)6-10-15/h3-10H,1-2,11H2,(H2,20,21,22,24). The number of rotatable bonds is 6. The second-order valence-electron chi connectivity index (χ2n) is 4.92. The highest BCUT2D eigenvalue weighted by Gasteiger charge is 2.05. The number of amides is 1. The van der Waals surface area contributed by atoms with Gasteiger partial charge in [-0.25, -0.2) is 0 Å². The fourth-order valence-corrected chi connectivity index (χ4v) is 2.46. The lowest BCUT2D eigenvalue weighted by molar-refractivity contribution is -0.119. The average molecular weight is 428 g/mol. The van der Waals surface area contributed by atoms with Crippen LogP contribution in [0.1, 0.15) is 12.8 Å². The molecule has 0 aromatic heterocycles. The number of hydrogen-bond acceptors (Lipinski definition) is 3. The maximum atomic E-state index is 11.8. The summed E-state index contributed by atoms with van der Waals surface area (Å²) in [6.45, 7) is 0.446. The van der Waals surface area contributed by atoms with Crippen molar-refractivity contribution in [3.05, 3.63) is 58.0 Å². The van der Waals surface area contributed by atoms with Crippen molar-refractivity contribution < 1.29 is 9.53 Å². The summed E-state index contributed by atoms with van der Waals surface area (Å²) >= 11 is 14.3. The van der Waals surface area contributed by atoms with Gasteiger partial charge in [0, 0.05) is 21.6 Å². The number of ether oxygens (including phenoxy) is 1. The molecule has 0 saturated heterocycles. The van der Waals surface area contributed by atoms with Crippen LogP contribution in [-0.2, 0) is 4.79 Å². The summed E-state index contributed by atoms with van der Waals surface area (Å²) in [4.78, 5) is 11.8. The van der Waals surface area contributed by atoms with Gasteiger partial charge in [0.05, 0.1) is 6.61 Å². The Morgan fingerprint density at radius 3 is 2.46 bits per heavy atom. The average Bonchev–Trinajstić information content (AvgIpc) is 2.55. The van der Waals surface area contributed by atoms with Crippen molar-refractivity contribution in [2.75, 3.05) is 11.9 Å². The van der Waals surface area contributed by atoms with Crippen LogP contribution in [0.5, 0.6) is 5.75 Å². The molecule has 7 heteroatoms. The number of thiocarbonyl (C=S) groups is 1. The number of nitrogens with one attached hydrogen (secondary N) is 2. The molecule has 126 valence electrons. The van der Waals surface area contributed by atoms with Gasteiger partial charge in [-0.2, -0.15) is 0 Å². The van der Waals surface area contributed by atoms with E-state index in [1.165, 1.54) is 0 Å². The molecule has 0 unspecified atom stereocenters. The minimum atomic E-state index is -0.149. The van der Waals surface area contributed by atoms with E-state index in [2.05, 4.69) is 26.6 Å². The SMILES string of the molecule is O=C(CCCOc1ccc(Cl)cc1)NC(=S)Nc1ccc(Br)cc1. The molecular weight excluding hydrogens is 412 g/mol. The Morgan fingerprint density at radius 1 is 1.12 bits per heavy atom. The molecule has 2 rings (SSSR count). The number of carbonyl (C=O) groups excluding carboxylic acids is 1. The van der Waals surface area contributed by atoms with E-state index >= 15 is 0 Å². The van der Waals surface area contributed by atoms with Gasteiger partial charge in [0.1, 0.15) is 5.75 Å². The normalized spacial score (nSPS) is 10.1. The first-order valence-electron chi connectivity index (χ1n) is 7.28. The molecule has 2 aromatic carbocycles. The summed E-state index contributed by atoms with van der Waals surface area (Å²) in [7, 11) is 0. The molecule has 0 aliphatic carbocycles. The fourth-order valence-electron chi connectivity index (χ4n) is 1.84. The summed E-state index contributed by atoms with van der Waals surface area (Å²) in [5, 5.41) is 6.54. The smallest absolute Gasteiger partial charge is 0.226 e. The van der Waals surface area contributed by atoms with Crippen LogP contribution in [0.2, 0.25) is 5.02 Å². The summed E-state index contributed by atoms with van der Waals surface area (Å²) in [5.74, 6) is 0.580. The number of hydrogen-bond donors (Lipinski definition) is 2. The highest BCUT2D eigenvalue weighted by Crippen LogP contribution is 2.16. The minimum Gasteiger partial charge on any atom is -0.494 e. The van der Waals surface area contributed by atoms with Crippen LogP contribution in [0.4, 0.5) is 5.69 Å². The Kier molecular flexibility index (Phi) is 7.49. The predicted octanol–water partition coefficient (Wildman–Crippen LogP) is 4.77. The van der Waals surface area contributed by atoms with E-state index < -0.39 is 0 Å². The molecule has 0 fully saturated rings. The zero-order chi connectivity index (χ0) is 17.4. The molecule has 2 aromatic rings. The predicted molar refractivity (Wildman–Crippen MR) is 105 cm³/mol. The lowest BCUT2D eigenvalue weighted by atomic mass is 10.3. The lowest BCUT2D eigenvalue weighted by Gasteiger charge is -2.10. The molecule has 0 heterocycles. The number of benzene rings is 2. The summed E-state index contributed by atoms with van der Waals surface area (Å²) in [5.41, 5.74) is 0.814. The number of halogens is 2. The van der Waals surface area contributed by atoms with Crippen molar-refractivity contribution in [3.8, 4) is 5.75 Å². The molecule has 0 bridgehead atoms. The molecule has 0 saturated carbocycles. The van der Waals surface area contributed by atoms with E-state index in [4.69, 9.17) is 28.6 Å². The summed E-state index contributed by atoms with van der Waals surface area (Å²) < 4.78 is 6.51. The second-order valence-corrected chi connectivity index (χ2v) is 6.68. The van der Waals surface area contributed by atoms with Crippen LogP contribution < -0.4 is 15.4 Å². The Hall–Kier alpha value is -1.63. The Bertz CT molecular complexity index is 693. The molecule has 0 aliphatic heterocycles. The van der Waals surface area contributed by atoms with Crippen molar-refractivity contribution in [1.82, 2.24) is 5.32 Å². The molecule has 0 spiro atoms. The molecule has 24 heavy (non-hydrogen) atoms. The Morgan fingerprint density at radius 2 is 1.79 bits per heavy atom. The molecule has 4 nitrogen and oxygen atoms in total. The van der Waals surface area contributed by atoms with E-state index in [1.54, 1.807) is 24.3 Å². The van der Waals surface area contributed by atoms with E-state index in [1.807, 2.05) is 24.3 Å². The van der Waals surface area contributed by atoms with Gasteiger partial charge in [-0.3, -0.25) is 4.79 Å². The highest BCUT2D eigenvalue weighted by molar-refractivity contribution is 9.10. The van der Waals surface area contributed by atoms with E-state index in [-0.39, 0.29) is 11.0 Å². The quantitative estimate of drug-likeness (QED) is 0.515. The van der Waals surface area contributed by atoms with Crippen LogP contribution in [0.25, 0.3) is 0 Å². The van der Waals surface area contributed by atoms with Crippen molar-refractivity contribution in [2.24, 2.45) is 0 Å². The first-order valence-corrected chi connectivity index (χ1v) is 8.85. The zero-order valence-corrected chi connectivity index (χ0v) is 15.9. The van der Waals surface area contributed by atoms with Crippen molar-refractivity contribution >= 4 is 56.5 Å². The van der Waals surface area contributed by atoms with Gasteiger partial charge in [0.15, 0.2) is 5.11 Å². The van der Waals surface area contributed by atoms with Crippen LogP contribution in [0, 0.1) is 0 Å². The van der Waals surface area contributed by atoms with Crippen molar-refractivity contribution in [2.45, 2.75) is 12.8 Å². The maximum absolute atomic E-state index is 11.8. The van der Waals surface area contributed by atoms with Crippen molar-refractivity contribution in [3.63, 3.8) is 0 Å². The highest BCUT2D eigenvalue weighted by atomic mass is 79.9. The van der Waals surface area contributed by atoms with E-state index in [0.29, 0.717) is 24.5 Å². The van der Waals surface area contributed by atoms with Crippen LogP contribution >= 0.6 is 39.7 Å². The summed E-state index contributed by atoms with van der Waals surface area (Å²) in [6.07, 6.45) is 0.922. The number of anilines is 1. The van der Waals surface area contributed by atoms with Gasteiger partial charge in [-0.05, 0) is 67.2 Å². The second kappa shape index (κ2) is 9.61. The van der Waals surface area contributed by atoms with Crippen LogP contribution in [-0.4, -0.2) is 17.6 Å². The fraction of sp³-hybridized carbons (Fsp3) is 0.176. The minimum absolute atomic E-state index is 0.149. The zero-order valence-electron chi connectivity index (χ0n) is 12.7. The lowest BCUT2D eigenvalue weighted by Crippen LogP contribution is -2.34. The summed E-state index contributed by atoms with van der Waals surface area (Å²) in [6, 6.07) is 14.6. The van der Waals surface area contributed by atoms with Gasteiger partial charge in [-0.1, -0.05) is 27.5 Å². The number of carbonyl (C=O) groups is 1. The maximum Gasteiger partial charge on any atom is 0.226 e. The van der Waals surface area contributed by atoms with Crippen molar-refractivity contribution in [1.29, 1.82) is 0 Å². The van der Waals surface area contributed by atoms with E-state index in [9.17, 15) is 4.79 Å². The van der Waals surface area contributed by atoms with Gasteiger partial charge < -0.3 is 15.4 Å². The third-order valence-electron chi connectivity index (χ3n) is 2.99. The van der Waals surface area contributed by atoms with Gasteiger partial charge in [0.2, 0.25) is 5.91 Å². The third-order valence-corrected chi connectivity index (χ3v) is 3.97. The molecule has 0 aliphatic rings. The van der Waals surface area contributed by atoms with Gasteiger partial charge >= 0.3 is 0 Å². The van der Waals surface area contributed by atoms with Crippen LogP contribution in [0.3, 0.4) is 0 Å². The Balaban J connectivity index is 1.64. The molecular formula is C17H16BrClN2O2S. The first-order chi connectivity index (χ1) is 11.5. The Labute approximate surface area is 159 Å². The largest absolute Gasteiger partial charge is 0.494 e. The topological polar surface area (TPSA) is 50.4 Å². The monoisotopic (exact) mass is 426 g/mol. The molecule has 2 N–H and O–H groups in total. The van der Waals surface area contributed by atoms with E-state index in [0.717, 1.165) is 15.9 Å². The molecule has 0 radical (unpaired) electrons. The molecule has 0 atom stereocenters. The first kappa shape index (κ1) is 18.7. The van der Waals surface area contributed by atoms with Gasteiger partial charge in [0.25, 0.3) is 0 Å². The van der Waals surface area contributed by atoms with Crippen LogP contribution in [0.15, 0.2) is 53.0 Å². The third kappa shape index (κ3) is 6.86. The molecule has 1 amide bonds. The van der Waals surface area contributed by atoms with Gasteiger partial charge in [-0.15, -0.1) is 0 Å².